The van der Waals surface area contributed by atoms with Crippen molar-refractivity contribution in [1.29, 1.82) is 0 Å². The van der Waals surface area contributed by atoms with E-state index in [-0.39, 0.29) is 17.6 Å². The lowest BCUT2D eigenvalue weighted by Crippen LogP contribution is -2.39. The van der Waals surface area contributed by atoms with Crippen LogP contribution in [0.25, 0.3) is 0 Å². The van der Waals surface area contributed by atoms with E-state index in [4.69, 9.17) is 16.7 Å². The molecular weight excluding hydrogens is 487 g/mol. The second kappa shape index (κ2) is 10.8. The highest BCUT2D eigenvalue weighted by molar-refractivity contribution is 7.98. The van der Waals surface area contributed by atoms with Crippen molar-refractivity contribution in [3.05, 3.63) is 64.7 Å². The molecule has 1 aliphatic heterocycles. The molecule has 0 saturated heterocycles. The Morgan fingerprint density at radius 2 is 1.85 bits per heavy atom. The number of imide groups is 1. The summed E-state index contributed by atoms with van der Waals surface area (Å²) >= 11 is 7.79. The zero-order chi connectivity index (χ0) is 24.9. The monoisotopic (exact) mass is 511 g/mol. The molecule has 0 fully saturated rings. The first-order valence-electron chi connectivity index (χ1n) is 10.6. The van der Waals surface area contributed by atoms with Gasteiger partial charge in [-0.05, 0) is 66.8 Å². The van der Waals surface area contributed by atoms with Crippen molar-refractivity contribution < 1.29 is 22.8 Å². The van der Waals surface area contributed by atoms with E-state index in [1.165, 1.54) is 0 Å². The quantitative estimate of drug-likeness (QED) is 0.319. The Morgan fingerprint density at radius 1 is 1.21 bits per heavy atom. The van der Waals surface area contributed by atoms with Crippen molar-refractivity contribution >= 4 is 47.1 Å². The van der Waals surface area contributed by atoms with Crippen LogP contribution in [0, 0.1) is 5.41 Å². The predicted molar refractivity (Wildman–Crippen MR) is 130 cm³/mol. The van der Waals surface area contributed by atoms with Crippen LogP contribution in [0.5, 0.6) is 0 Å². The second-order valence-electron chi connectivity index (χ2n) is 8.35. The van der Waals surface area contributed by atoms with E-state index in [9.17, 15) is 22.8 Å². The molecule has 5 nitrogen and oxygen atoms in total. The number of anilines is 1. The Balaban J connectivity index is 1.80. The number of benzene rings is 2. The number of hydrogen-bond acceptors (Lipinski definition) is 5. The second-order valence-corrected chi connectivity index (χ2v) is 9.77. The highest BCUT2D eigenvalue weighted by Gasteiger charge is 2.39. The van der Waals surface area contributed by atoms with E-state index in [0.717, 1.165) is 59.0 Å². The minimum atomic E-state index is -4.50. The molecule has 1 unspecified atom stereocenters. The third-order valence-electron chi connectivity index (χ3n) is 5.70. The SMILES string of the molecule is CSCCCC1(C)CN(CC(=O)N(C=O)c2ccc(C(F)(F)F)cc2)N=C1c1ccc(Cl)cc1. The molecule has 2 amide bonds. The van der Waals surface area contributed by atoms with Crippen molar-refractivity contribution in [3.8, 4) is 0 Å². The summed E-state index contributed by atoms with van der Waals surface area (Å²) < 4.78 is 38.5. The van der Waals surface area contributed by atoms with Crippen LogP contribution in [0.15, 0.2) is 53.6 Å². The number of rotatable bonds is 9. The van der Waals surface area contributed by atoms with Crippen LogP contribution in [0.1, 0.15) is 30.9 Å². The number of carbonyl (C=O) groups is 2. The van der Waals surface area contributed by atoms with Gasteiger partial charge in [0.15, 0.2) is 0 Å². The van der Waals surface area contributed by atoms with E-state index >= 15 is 0 Å². The molecule has 0 aromatic heterocycles. The zero-order valence-corrected chi connectivity index (χ0v) is 20.4. The molecule has 0 N–H and O–H groups in total. The Kier molecular flexibility index (Phi) is 8.30. The van der Waals surface area contributed by atoms with Gasteiger partial charge in [0, 0.05) is 17.0 Å². The minimum absolute atomic E-state index is 0.0665. The van der Waals surface area contributed by atoms with Crippen LogP contribution in [-0.2, 0) is 15.8 Å². The summed E-state index contributed by atoms with van der Waals surface area (Å²) in [7, 11) is 0. The van der Waals surface area contributed by atoms with E-state index < -0.39 is 17.6 Å². The van der Waals surface area contributed by atoms with Crippen LogP contribution in [0.2, 0.25) is 5.02 Å². The topological polar surface area (TPSA) is 53.0 Å². The van der Waals surface area contributed by atoms with Gasteiger partial charge in [0.05, 0.1) is 17.0 Å². The van der Waals surface area contributed by atoms with Crippen molar-refractivity contribution in [3.63, 3.8) is 0 Å². The number of hydrogen-bond donors (Lipinski definition) is 0. The number of halogens is 4. The first-order valence-corrected chi connectivity index (χ1v) is 12.4. The Bertz CT molecular complexity index is 1040. The summed E-state index contributed by atoms with van der Waals surface area (Å²) in [6.07, 6.45) is -0.320. The first kappa shape index (κ1) is 26.1. The van der Waals surface area contributed by atoms with Crippen molar-refractivity contribution in [2.24, 2.45) is 10.5 Å². The molecule has 0 aliphatic carbocycles. The number of thioether (sulfide) groups is 1. The lowest BCUT2D eigenvalue weighted by atomic mass is 9.78. The number of nitrogens with zero attached hydrogens (tertiary/aromatic N) is 3. The van der Waals surface area contributed by atoms with Crippen LogP contribution in [0.4, 0.5) is 18.9 Å². The van der Waals surface area contributed by atoms with Crippen molar-refractivity contribution in [2.45, 2.75) is 25.9 Å². The molecule has 2 aromatic rings. The van der Waals surface area contributed by atoms with Gasteiger partial charge in [-0.3, -0.25) is 19.5 Å². The predicted octanol–water partition coefficient (Wildman–Crippen LogP) is 5.72. The van der Waals surface area contributed by atoms with Gasteiger partial charge in [-0.25, -0.2) is 0 Å². The molecular formula is C24H25ClF3N3O2S. The van der Waals surface area contributed by atoms with Gasteiger partial charge in [-0.15, -0.1) is 0 Å². The maximum Gasteiger partial charge on any atom is 0.416 e. The van der Waals surface area contributed by atoms with E-state index in [1.807, 2.05) is 18.4 Å². The van der Waals surface area contributed by atoms with E-state index in [2.05, 4.69) is 6.92 Å². The van der Waals surface area contributed by atoms with Crippen LogP contribution in [-0.4, -0.2) is 48.1 Å². The molecule has 2 aromatic carbocycles. The summed E-state index contributed by atoms with van der Waals surface area (Å²) in [4.78, 5) is 25.4. The lowest BCUT2D eigenvalue weighted by molar-refractivity contribution is -0.137. The number of alkyl halides is 3. The molecule has 10 heteroatoms. The molecule has 1 heterocycles. The molecule has 3 rings (SSSR count). The fourth-order valence-electron chi connectivity index (χ4n) is 3.99. The standard InChI is InChI=1S/C24H25ClF3N3O2S/c1-23(12-3-13-34-2)15-30(29-22(23)17-4-8-19(25)9-5-17)14-21(33)31(16-32)20-10-6-18(7-11-20)24(26,27)28/h4-11,16H,3,12-15H2,1-2H3. The Labute approximate surface area is 205 Å². The molecule has 0 spiro atoms. The summed E-state index contributed by atoms with van der Waals surface area (Å²) in [5, 5.41) is 6.93. The minimum Gasteiger partial charge on any atom is -0.286 e. The largest absolute Gasteiger partial charge is 0.416 e. The summed E-state index contributed by atoms with van der Waals surface area (Å²) in [5.74, 6) is 0.414. The molecule has 0 radical (unpaired) electrons. The van der Waals surface area contributed by atoms with Crippen LogP contribution in [0.3, 0.4) is 0 Å². The fourth-order valence-corrected chi connectivity index (χ4v) is 4.55. The fraction of sp³-hybridized carbons (Fsp3) is 0.375. The summed E-state index contributed by atoms with van der Waals surface area (Å²) in [5.41, 5.74) is 0.639. The number of amides is 2. The molecule has 34 heavy (non-hydrogen) atoms. The number of hydrazone groups is 1. The molecule has 1 atom stereocenters. The number of carbonyl (C=O) groups excluding carboxylic acids is 2. The van der Waals surface area contributed by atoms with Gasteiger partial charge < -0.3 is 0 Å². The van der Waals surface area contributed by atoms with Gasteiger partial charge in [0.25, 0.3) is 5.91 Å². The summed E-state index contributed by atoms with van der Waals surface area (Å²) in [6, 6.07) is 11.2. The van der Waals surface area contributed by atoms with Gasteiger partial charge >= 0.3 is 6.18 Å². The summed E-state index contributed by atoms with van der Waals surface area (Å²) in [6.45, 7) is 2.39. The normalized spacial score (nSPS) is 18.1. The Morgan fingerprint density at radius 3 is 2.41 bits per heavy atom. The lowest BCUT2D eigenvalue weighted by Gasteiger charge is -2.27. The average Bonchev–Trinajstić information content (AvgIpc) is 3.10. The van der Waals surface area contributed by atoms with Crippen LogP contribution >= 0.6 is 23.4 Å². The van der Waals surface area contributed by atoms with Crippen LogP contribution < -0.4 is 4.90 Å². The maximum atomic E-state index is 12.9. The Hall–Kier alpha value is -2.52. The molecule has 0 saturated carbocycles. The average molecular weight is 512 g/mol. The highest BCUT2D eigenvalue weighted by Crippen LogP contribution is 2.36. The van der Waals surface area contributed by atoms with Gasteiger partial charge in [0.2, 0.25) is 6.41 Å². The van der Waals surface area contributed by atoms with E-state index in [0.29, 0.717) is 18.0 Å². The van der Waals surface area contributed by atoms with Crippen molar-refractivity contribution in [1.82, 2.24) is 5.01 Å². The molecule has 0 bridgehead atoms. The third-order valence-corrected chi connectivity index (χ3v) is 6.65. The van der Waals surface area contributed by atoms with Gasteiger partial charge in [-0.2, -0.15) is 30.0 Å². The van der Waals surface area contributed by atoms with E-state index in [1.54, 1.807) is 28.9 Å². The highest BCUT2D eigenvalue weighted by atomic mass is 35.5. The maximum absolute atomic E-state index is 12.9. The van der Waals surface area contributed by atoms with Crippen molar-refractivity contribution in [2.75, 3.05) is 30.0 Å². The smallest absolute Gasteiger partial charge is 0.286 e. The first-order chi connectivity index (χ1) is 16.1. The molecule has 182 valence electrons. The molecule has 1 aliphatic rings. The van der Waals surface area contributed by atoms with Gasteiger partial charge in [0.1, 0.15) is 6.54 Å². The third kappa shape index (κ3) is 6.13. The van der Waals surface area contributed by atoms with Gasteiger partial charge in [-0.1, -0.05) is 30.7 Å². The zero-order valence-electron chi connectivity index (χ0n) is 18.8.